The summed E-state index contributed by atoms with van der Waals surface area (Å²) in [6.45, 7) is 0. The average Bonchev–Trinajstić information content (AvgIpc) is 2.80. The zero-order valence-electron chi connectivity index (χ0n) is 16.6. The normalized spacial score (nSPS) is 11.4. The van der Waals surface area contributed by atoms with E-state index in [1.54, 1.807) is 12.1 Å². The first-order chi connectivity index (χ1) is 15.2. The summed E-state index contributed by atoms with van der Waals surface area (Å²) in [7, 11) is 0. The van der Waals surface area contributed by atoms with Gasteiger partial charge in [-0.05, 0) is 46.7 Å². The summed E-state index contributed by atoms with van der Waals surface area (Å²) in [5, 5.41) is 24.5. The number of amides is 1. The zero-order valence-corrected chi connectivity index (χ0v) is 16.6. The number of benzene rings is 4. The Hall–Kier alpha value is -4.32. The molecule has 0 fully saturated rings. The number of azo groups is 1. The molecule has 6 heteroatoms. The van der Waals surface area contributed by atoms with Gasteiger partial charge >= 0.3 is 0 Å². The summed E-state index contributed by atoms with van der Waals surface area (Å²) in [5.41, 5.74) is 5.16. The Morgan fingerprint density at radius 1 is 0.839 bits per heavy atom. The van der Waals surface area contributed by atoms with E-state index in [4.69, 9.17) is 0 Å². The number of carbonyl (C=O) groups is 1. The van der Waals surface area contributed by atoms with Gasteiger partial charge in [-0.15, -0.1) is 0 Å². The minimum absolute atomic E-state index is 0.0331. The monoisotopic (exact) mass is 408 g/mol. The predicted octanol–water partition coefficient (Wildman–Crippen LogP) is 5.65. The van der Waals surface area contributed by atoms with Crippen LogP contribution in [0.1, 0.15) is 11.1 Å². The fraction of sp³-hybridized carbons (Fsp3) is 0.0400. The topological polar surface area (TPSA) is 86.4 Å². The van der Waals surface area contributed by atoms with Gasteiger partial charge in [-0.1, -0.05) is 60.7 Å². The second-order valence-corrected chi connectivity index (χ2v) is 6.89. The van der Waals surface area contributed by atoms with Crippen molar-refractivity contribution in [3.63, 3.8) is 0 Å². The standard InChI is InChI=1S/C25H20N4O2/c30-24-14-13-22(28-27-21-10-2-1-3-11-21)15-20(24)17-26-29-25(31)16-19-9-6-8-18-7-4-5-12-23(18)19/h1-15,17,30H,16H2,(H,29,31). The summed E-state index contributed by atoms with van der Waals surface area (Å²) in [6.07, 6.45) is 1.59. The van der Waals surface area contributed by atoms with E-state index in [1.165, 1.54) is 12.3 Å². The van der Waals surface area contributed by atoms with Gasteiger partial charge in [0.15, 0.2) is 0 Å². The van der Waals surface area contributed by atoms with Crippen LogP contribution in [-0.4, -0.2) is 17.2 Å². The number of rotatable bonds is 6. The number of carbonyl (C=O) groups excluding carboxylic acids is 1. The number of nitrogens with one attached hydrogen (secondary N) is 1. The van der Waals surface area contributed by atoms with Crippen molar-refractivity contribution < 1.29 is 9.90 Å². The minimum Gasteiger partial charge on any atom is -0.507 e. The van der Waals surface area contributed by atoms with Crippen LogP contribution in [0.5, 0.6) is 5.75 Å². The molecule has 4 aromatic carbocycles. The molecule has 0 aliphatic heterocycles. The van der Waals surface area contributed by atoms with Crippen LogP contribution >= 0.6 is 0 Å². The Morgan fingerprint density at radius 2 is 1.58 bits per heavy atom. The molecule has 152 valence electrons. The molecule has 4 rings (SSSR count). The fourth-order valence-corrected chi connectivity index (χ4v) is 3.15. The molecular weight excluding hydrogens is 388 g/mol. The summed E-state index contributed by atoms with van der Waals surface area (Å²) < 4.78 is 0. The molecule has 0 unspecified atom stereocenters. The van der Waals surface area contributed by atoms with Crippen molar-refractivity contribution in [2.24, 2.45) is 15.3 Å². The lowest BCUT2D eigenvalue weighted by Gasteiger charge is -2.05. The number of hydrogen-bond acceptors (Lipinski definition) is 5. The Kier molecular flexibility index (Phi) is 6.09. The van der Waals surface area contributed by atoms with E-state index in [-0.39, 0.29) is 18.1 Å². The van der Waals surface area contributed by atoms with Crippen LogP contribution in [0.2, 0.25) is 0 Å². The van der Waals surface area contributed by atoms with Crippen LogP contribution in [0.25, 0.3) is 10.8 Å². The molecule has 0 saturated carbocycles. The minimum atomic E-state index is -0.244. The van der Waals surface area contributed by atoms with Crippen LogP contribution in [-0.2, 0) is 11.2 Å². The third kappa shape index (κ3) is 5.19. The lowest BCUT2D eigenvalue weighted by atomic mass is 10.0. The number of phenolic OH excluding ortho intramolecular Hbond substituents is 1. The van der Waals surface area contributed by atoms with Crippen molar-refractivity contribution in [3.8, 4) is 5.75 Å². The maximum atomic E-state index is 12.3. The van der Waals surface area contributed by atoms with Crippen molar-refractivity contribution in [3.05, 3.63) is 102 Å². The van der Waals surface area contributed by atoms with Crippen molar-refractivity contribution in [2.45, 2.75) is 6.42 Å². The van der Waals surface area contributed by atoms with Gasteiger partial charge in [-0.2, -0.15) is 15.3 Å². The first-order valence-electron chi connectivity index (χ1n) is 9.77. The molecule has 0 spiro atoms. The van der Waals surface area contributed by atoms with Gasteiger partial charge in [-0.25, -0.2) is 5.43 Å². The molecule has 4 aromatic rings. The molecule has 0 aliphatic carbocycles. The van der Waals surface area contributed by atoms with E-state index in [2.05, 4.69) is 20.8 Å². The van der Waals surface area contributed by atoms with Crippen LogP contribution < -0.4 is 5.43 Å². The van der Waals surface area contributed by atoms with E-state index >= 15 is 0 Å². The van der Waals surface area contributed by atoms with Crippen LogP contribution in [0, 0.1) is 0 Å². The fourth-order valence-electron chi connectivity index (χ4n) is 3.15. The van der Waals surface area contributed by atoms with E-state index in [9.17, 15) is 9.90 Å². The highest BCUT2D eigenvalue weighted by Gasteiger charge is 2.06. The molecule has 0 heterocycles. The third-order valence-electron chi connectivity index (χ3n) is 4.67. The lowest BCUT2D eigenvalue weighted by Crippen LogP contribution is -2.19. The maximum absolute atomic E-state index is 12.3. The molecule has 1 amide bonds. The van der Waals surface area contributed by atoms with E-state index in [1.807, 2.05) is 72.8 Å². The molecule has 0 bridgehead atoms. The number of hydrazone groups is 1. The Bertz CT molecular complexity index is 1260. The highest BCUT2D eigenvalue weighted by atomic mass is 16.3. The number of nitrogens with zero attached hydrogens (tertiary/aromatic N) is 3. The summed E-state index contributed by atoms with van der Waals surface area (Å²) in [4.78, 5) is 12.3. The largest absolute Gasteiger partial charge is 0.507 e. The molecule has 6 nitrogen and oxygen atoms in total. The first kappa shape index (κ1) is 20.0. The van der Waals surface area contributed by atoms with Crippen molar-refractivity contribution in [2.75, 3.05) is 0 Å². The second-order valence-electron chi connectivity index (χ2n) is 6.89. The highest BCUT2D eigenvalue weighted by Crippen LogP contribution is 2.24. The molecule has 0 radical (unpaired) electrons. The Labute approximate surface area is 179 Å². The van der Waals surface area contributed by atoms with Gasteiger partial charge in [0.25, 0.3) is 0 Å². The van der Waals surface area contributed by atoms with Gasteiger partial charge in [0, 0.05) is 5.56 Å². The quantitative estimate of drug-likeness (QED) is 0.245. The molecule has 0 aromatic heterocycles. The third-order valence-corrected chi connectivity index (χ3v) is 4.67. The highest BCUT2D eigenvalue weighted by molar-refractivity contribution is 5.91. The Balaban J connectivity index is 1.42. The van der Waals surface area contributed by atoms with E-state index in [0.717, 1.165) is 22.0 Å². The van der Waals surface area contributed by atoms with Gasteiger partial charge in [0.05, 0.1) is 24.0 Å². The van der Waals surface area contributed by atoms with E-state index in [0.29, 0.717) is 11.3 Å². The molecule has 2 N–H and O–H groups in total. The van der Waals surface area contributed by atoms with Gasteiger partial charge in [0.1, 0.15) is 5.75 Å². The van der Waals surface area contributed by atoms with Crippen molar-refractivity contribution >= 4 is 34.3 Å². The molecular formula is C25H20N4O2. The molecule has 0 aliphatic rings. The molecule has 0 saturated heterocycles. The summed E-state index contributed by atoms with van der Waals surface area (Å²) in [5.74, 6) is -0.210. The number of phenols is 1. The average molecular weight is 408 g/mol. The number of aromatic hydroxyl groups is 1. The zero-order chi connectivity index (χ0) is 21.5. The van der Waals surface area contributed by atoms with Gasteiger partial charge in [-0.3, -0.25) is 4.79 Å². The second kappa shape index (κ2) is 9.45. The SMILES string of the molecule is O=C(Cc1cccc2ccccc12)NN=Cc1cc(N=Nc2ccccc2)ccc1O. The molecule has 0 atom stereocenters. The molecule has 31 heavy (non-hydrogen) atoms. The predicted molar refractivity (Wildman–Crippen MR) is 122 cm³/mol. The van der Waals surface area contributed by atoms with Gasteiger partial charge in [0.2, 0.25) is 5.91 Å². The smallest absolute Gasteiger partial charge is 0.244 e. The van der Waals surface area contributed by atoms with E-state index < -0.39 is 0 Å². The number of fused-ring (bicyclic) bond motifs is 1. The maximum Gasteiger partial charge on any atom is 0.244 e. The summed E-state index contributed by atoms with van der Waals surface area (Å²) >= 11 is 0. The van der Waals surface area contributed by atoms with Crippen LogP contribution in [0.4, 0.5) is 11.4 Å². The Morgan fingerprint density at radius 3 is 2.45 bits per heavy atom. The van der Waals surface area contributed by atoms with Crippen molar-refractivity contribution in [1.82, 2.24) is 5.43 Å². The van der Waals surface area contributed by atoms with Gasteiger partial charge < -0.3 is 5.11 Å². The van der Waals surface area contributed by atoms with Crippen molar-refractivity contribution in [1.29, 1.82) is 0 Å². The number of hydrogen-bond donors (Lipinski definition) is 2. The first-order valence-corrected chi connectivity index (χ1v) is 9.77. The summed E-state index contributed by atoms with van der Waals surface area (Å²) in [6, 6.07) is 28.0. The lowest BCUT2D eigenvalue weighted by molar-refractivity contribution is -0.120. The van der Waals surface area contributed by atoms with Crippen LogP contribution in [0.15, 0.2) is 106 Å². The van der Waals surface area contributed by atoms with Crippen LogP contribution in [0.3, 0.4) is 0 Å².